The van der Waals surface area contributed by atoms with Gasteiger partial charge in [0.2, 0.25) is 0 Å². The lowest BCUT2D eigenvalue weighted by molar-refractivity contribution is -0.161. The Morgan fingerprint density at radius 2 is 0.510 bits per heavy atom. The molecule has 0 aromatic heterocycles. The first-order chi connectivity index (χ1) is 48.3. The molecule has 0 saturated carbocycles. The molecule has 0 bridgehead atoms. The van der Waals surface area contributed by atoms with Gasteiger partial charge in [0.25, 0.3) is 0 Å². The zero-order chi connectivity index (χ0) is 73.7. The Bertz CT molecular complexity index is 1940. The largest absolute Gasteiger partial charge is 0.472 e. The van der Waals surface area contributed by atoms with Crippen LogP contribution >= 0.6 is 15.6 Å². The fourth-order valence-corrected chi connectivity index (χ4v) is 14.0. The molecule has 0 rings (SSSR count). The molecular formula is C81H158O17P2. The smallest absolute Gasteiger partial charge is 0.462 e. The first-order valence-corrected chi connectivity index (χ1v) is 44.9. The van der Waals surface area contributed by atoms with Crippen LogP contribution in [0, 0.1) is 17.8 Å². The van der Waals surface area contributed by atoms with E-state index in [0.29, 0.717) is 25.7 Å². The molecule has 17 nitrogen and oxygen atoms in total. The molecule has 594 valence electrons. The number of carbonyl (C=O) groups excluding carboxylic acids is 4. The zero-order valence-corrected chi connectivity index (χ0v) is 67.5. The summed E-state index contributed by atoms with van der Waals surface area (Å²) in [5.74, 6) is 0.228. The van der Waals surface area contributed by atoms with Crippen LogP contribution in [-0.4, -0.2) is 96.7 Å². The second-order valence-electron chi connectivity index (χ2n) is 30.4. The second kappa shape index (κ2) is 71.3. The number of aliphatic hydroxyl groups is 1. The minimum Gasteiger partial charge on any atom is -0.462 e. The first kappa shape index (κ1) is 98.1. The number of unbranched alkanes of at least 4 members (excludes halogenated alkanes) is 46. The van der Waals surface area contributed by atoms with E-state index in [1.165, 1.54) is 231 Å². The molecule has 100 heavy (non-hydrogen) atoms. The van der Waals surface area contributed by atoms with Crippen LogP contribution in [0.25, 0.3) is 0 Å². The molecule has 0 heterocycles. The van der Waals surface area contributed by atoms with Crippen LogP contribution in [0.3, 0.4) is 0 Å². The first-order valence-electron chi connectivity index (χ1n) is 41.9. The standard InChI is InChI=1S/C81H158O17P2/c1-8-10-11-12-13-14-15-16-17-21-24-27-33-41-48-55-62-78(83)91-68-76(97-80(85)64-57-50-43-34-28-25-22-19-18-20-23-26-31-38-45-52-59-72(3)4)70-95-99(87,88)93-66-75(82)67-94-100(89,90)96-71-77(69-92-79(84)63-56-49-42-37-36-40-47-54-61-74(7)9-2)98-81(86)65-58-51-44-35-30-29-32-39-46-53-60-73(5)6/h72-77,82H,8-71H2,1-7H3,(H,87,88)(H,89,90)/t74?,75-,76-,77-/m1/s1. The maximum atomic E-state index is 13.1. The maximum absolute atomic E-state index is 13.1. The molecule has 3 unspecified atom stereocenters. The van der Waals surface area contributed by atoms with Gasteiger partial charge in [0, 0.05) is 25.7 Å². The average molecular weight is 1470 g/mol. The van der Waals surface area contributed by atoms with E-state index in [9.17, 15) is 43.2 Å². The van der Waals surface area contributed by atoms with Gasteiger partial charge in [-0.2, -0.15) is 0 Å². The van der Waals surface area contributed by atoms with Gasteiger partial charge in [-0.1, -0.05) is 370 Å². The third-order valence-electron chi connectivity index (χ3n) is 19.2. The van der Waals surface area contributed by atoms with Crippen LogP contribution in [0.5, 0.6) is 0 Å². The molecule has 6 atom stereocenters. The van der Waals surface area contributed by atoms with E-state index >= 15 is 0 Å². The summed E-state index contributed by atoms with van der Waals surface area (Å²) in [4.78, 5) is 73.1. The quantitative estimate of drug-likeness (QED) is 0.0222. The van der Waals surface area contributed by atoms with Gasteiger partial charge in [-0.15, -0.1) is 0 Å². The van der Waals surface area contributed by atoms with E-state index in [4.69, 9.17) is 37.0 Å². The van der Waals surface area contributed by atoms with Gasteiger partial charge in [-0.3, -0.25) is 37.3 Å². The molecule has 0 spiro atoms. The normalized spacial score (nSPS) is 14.2. The van der Waals surface area contributed by atoms with Crippen molar-refractivity contribution in [1.29, 1.82) is 0 Å². The van der Waals surface area contributed by atoms with Gasteiger partial charge in [-0.05, 0) is 43.4 Å². The highest BCUT2D eigenvalue weighted by Crippen LogP contribution is 2.45. The summed E-state index contributed by atoms with van der Waals surface area (Å²) in [6.45, 7) is 12.0. The predicted molar refractivity (Wildman–Crippen MR) is 409 cm³/mol. The van der Waals surface area contributed by atoms with Crippen molar-refractivity contribution < 1.29 is 80.2 Å². The third kappa shape index (κ3) is 73.0. The predicted octanol–water partition coefficient (Wildman–Crippen LogP) is 24.1. The fraction of sp³-hybridized carbons (Fsp3) is 0.951. The van der Waals surface area contributed by atoms with E-state index in [2.05, 4.69) is 48.5 Å². The number of rotatable bonds is 79. The highest BCUT2D eigenvalue weighted by atomic mass is 31.2. The van der Waals surface area contributed by atoms with E-state index < -0.39 is 97.5 Å². The topological polar surface area (TPSA) is 237 Å². The van der Waals surface area contributed by atoms with Gasteiger partial charge in [0.15, 0.2) is 12.2 Å². The second-order valence-corrected chi connectivity index (χ2v) is 33.3. The SMILES string of the molecule is CCCCCCCCCCCCCCCCCCC(=O)OC[C@H](COP(=O)(O)OC[C@@H](O)COP(=O)(O)OC[C@@H](COC(=O)CCCCCCCCCCC(C)CC)OC(=O)CCCCCCCCCCCCC(C)C)OC(=O)CCCCCCCCCCCCCCCCCCC(C)C. The van der Waals surface area contributed by atoms with Crippen molar-refractivity contribution in [3.63, 3.8) is 0 Å². The zero-order valence-electron chi connectivity index (χ0n) is 65.7. The monoisotopic (exact) mass is 1470 g/mol. The molecule has 0 radical (unpaired) electrons. The number of carbonyl (C=O) groups is 4. The highest BCUT2D eigenvalue weighted by molar-refractivity contribution is 7.47. The number of esters is 4. The van der Waals surface area contributed by atoms with E-state index in [-0.39, 0.29) is 25.7 Å². The molecular weight excluding hydrogens is 1310 g/mol. The molecule has 0 aliphatic heterocycles. The molecule has 3 N–H and O–H groups in total. The average Bonchev–Trinajstić information content (AvgIpc) is 0.933. The summed E-state index contributed by atoms with van der Waals surface area (Å²) in [5, 5.41) is 10.6. The van der Waals surface area contributed by atoms with Crippen molar-refractivity contribution in [2.45, 2.75) is 439 Å². The highest BCUT2D eigenvalue weighted by Gasteiger charge is 2.30. The van der Waals surface area contributed by atoms with Gasteiger partial charge in [-0.25, -0.2) is 9.13 Å². The fourth-order valence-electron chi connectivity index (χ4n) is 12.5. The molecule has 0 fully saturated rings. The van der Waals surface area contributed by atoms with Crippen LogP contribution < -0.4 is 0 Å². The number of aliphatic hydroxyl groups excluding tert-OH is 1. The van der Waals surface area contributed by atoms with Crippen LogP contribution in [0.4, 0.5) is 0 Å². The molecule has 19 heteroatoms. The van der Waals surface area contributed by atoms with Crippen molar-refractivity contribution in [2.24, 2.45) is 17.8 Å². The molecule has 0 aliphatic rings. The summed E-state index contributed by atoms with van der Waals surface area (Å²) < 4.78 is 68.7. The number of phosphoric ester groups is 2. The summed E-state index contributed by atoms with van der Waals surface area (Å²) in [6, 6.07) is 0. The molecule has 0 amide bonds. The Hall–Kier alpha value is -1.94. The summed E-state index contributed by atoms with van der Waals surface area (Å²) in [5.41, 5.74) is 0. The van der Waals surface area contributed by atoms with Crippen molar-refractivity contribution in [2.75, 3.05) is 39.6 Å². The lowest BCUT2D eigenvalue weighted by Gasteiger charge is -2.21. The number of hydrogen-bond donors (Lipinski definition) is 3. The number of phosphoric acid groups is 2. The maximum Gasteiger partial charge on any atom is 0.472 e. The van der Waals surface area contributed by atoms with Gasteiger partial charge in [0.05, 0.1) is 26.4 Å². The van der Waals surface area contributed by atoms with Gasteiger partial charge < -0.3 is 33.8 Å². The van der Waals surface area contributed by atoms with Crippen molar-refractivity contribution in [3.8, 4) is 0 Å². The molecule has 0 aromatic carbocycles. The minimum absolute atomic E-state index is 0.106. The molecule has 0 aromatic rings. The summed E-state index contributed by atoms with van der Waals surface area (Å²) in [6.07, 6.45) is 59.6. The van der Waals surface area contributed by atoms with E-state index in [1.807, 2.05) is 0 Å². The van der Waals surface area contributed by atoms with Crippen molar-refractivity contribution in [3.05, 3.63) is 0 Å². The van der Waals surface area contributed by atoms with Crippen LogP contribution in [0.1, 0.15) is 421 Å². The van der Waals surface area contributed by atoms with Gasteiger partial charge >= 0.3 is 39.5 Å². The van der Waals surface area contributed by atoms with Crippen LogP contribution in [0.2, 0.25) is 0 Å². The molecule has 0 saturated heterocycles. The molecule has 0 aliphatic carbocycles. The Morgan fingerprint density at radius 1 is 0.290 bits per heavy atom. The lowest BCUT2D eigenvalue weighted by atomic mass is 9.99. The van der Waals surface area contributed by atoms with Gasteiger partial charge in [0.1, 0.15) is 19.3 Å². The number of ether oxygens (including phenoxy) is 4. The van der Waals surface area contributed by atoms with Crippen LogP contribution in [-0.2, 0) is 65.4 Å². The van der Waals surface area contributed by atoms with E-state index in [0.717, 1.165) is 108 Å². The Labute approximate surface area is 613 Å². The lowest BCUT2D eigenvalue weighted by Crippen LogP contribution is -2.30. The Balaban J connectivity index is 5.26. The summed E-state index contributed by atoms with van der Waals surface area (Å²) in [7, 11) is -9.92. The summed E-state index contributed by atoms with van der Waals surface area (Å²) >= 11 is 0. The van der Waals surface area contributed by atoms with Crippen molar-refractivity contribution in [1.82, 2.24) is 0 Å². The third-order valence-corrected chi connectivity index (χ3v) is 21.1. The Morgan fingerprint density at radius 3 is 0.760 bits per heavy atom. The van der Waals surface area contributed by atoms with Crippen molar-refractivity contribution >= 4 is 39.5 Å². The Kier molecular flexibility index (Phi) is 69.9. The van der Waals surface area contributed by atoms with Crippen LogP contribution in [0.15, 0.2) is 0 Å². The van der Waals surface area contributed by atoms with E-state index in [1.54, 1.807) is 0 Å². The minimum atomic E-state index is -4.96. The number of hydrogen-bond acceptors (Lipinski definition) is 15.